The number of rotatable bonds is 5. The molecule has 0 saturated carbocycles. The third-order valence-corrected chi connectivity index (χ3v) is 4.31. The summed E-state index contributed by atoms with van der Waals surface area (Å²) in [6.07, 6.45) is 1.33. The predicted octanol–water partition coefficient (Wildman–Crippen LogP) is 2.50. The number of halogens is 2. The lowest BCUT2D eigenvalue weighted by Crippen LogP contribution is -2.34. The topological polar surface area (TPSA) is 72.5 Å². The smallest absolute Gasteiger partial charge is 0.330 e. The van der Waals surface area contributed by atoms with Crippen LogP contribution in [0.5, 0.6) is 0 Å². The van der Waals surface area contributed by atoms with Gasteiger partial charge in [-0.1, -0.05) is 27.5 Å². The van der Waals surface area contributed by atoms with Crippen LogP contribution in [0.3, 0.4) is 0 Å². The van der Waals surface area contributed by atoms with Crippen LogP contribution >= 0.6 is 27.5 Å². The molecule has 1 unspecified atom stereocenters. The third-order valence-electron chi connectivity index (χ3n) is 3.32. The molecule has 2 atom stereocenters. The van der Waals surface area contributed by atoms with Gasteiger partial charge in [0.1, 0.15) is 6.04 Å². The van der Waals surface area contributed by atoms with Crippen molar-refractivity contribution in [3.05, 3.63) is 34.9 Å². The van der Waals surface area contributed by atoms with Gasteiger partial charge in [-0.2, -0.15) is 0 Å². The maximum absolute atomic E-state index is 12.1. The van der Waals surface area contributed by atoms with Crippen LogP contribution in [0.2, 0.25) is 5.02 Å². The molecule has 1 heterocycles. The number of hydrogen-bond donors (Lipinski definition) is 1. The maximum atomic E-state index is 12.1. The van der Waals surface area contributed by atoms with Crippen molar-refractivity contribution in [3.63, 3.8) is 0 Å². The van der Waals surface area contributed by atoms with Crippen molar-refractivity contribution in [3.8, 4) is 0 Å². The van der Waals surface area contributed by atoms with Crippen LogP contribution in [0, 0.1) is 0 Å². The third kappa shape index (κ3) is 4.63. The lowest BCUT2D eigenvalue weighted by molar-refractivity contribution is -0.160. The molecule has 1 saturated heterocycles. The van der Waals surface area contributed by atoms with Crippen LogP contribution in [0.1, 0.15) is 29.6 Å². The van der Waals surface area contributed by atoms with E-state index in [1.54, 1.807) is 24.3 Å². The Kier molecular flexibility index (Phi) is 6.11. The summed E-state index contributed by atoms with van der Waals surface area (Å²) in [6.45, 7) is 0.740. The highest BCUT2D eigenvalue weighted by molar-refractivity contribution is 9.10. The van der Waals surface area contributed by atoms with E-state index in [4.69, 9.17) is 16.3 Å². The quantitative estimate of drug-likeness (QED) is 0.363. The molecule has 1 fully saturated rings. The summed E-state index contributed by atoms with van der Waals surface area (Å²) in [6, 6.07) is 5.93. The van der Waals surface area contributed by atoms with Crippen LogP contribution < -0.4 is 5.32 Å². The largest absolute Gasteiger partial charge is 0.392 e. The summed E-state index contributed by atoms with van der Waals surface area (Å²) in [5, 5.41) is 3.48. The minimum atomic E-state index is -0.745. The van der Waals surface area contributed by atoms with Gasteiger partial charge in [0.25, 0.3) is 0 Å². The fourth-order valence-corrected chi connectivity index (χ4v) is 2.80. The molecule has 22 heavy (non-hydrogen) atoms. The molecule has 0 aliphatic carbocycles. The van der Waals surface area contributed by atoms with Gasteiger partial charge in [-0.15, -0.1) is 0 Å². The number of ether oxygens (including phenoxy) is 1. The van der Waals surface area contributed by atoms with Crippen molar-refractivity contribution in [2.24, 2.45) is 0 Å². The van der Waals surface area contributed by atoms with Crippen molar-refractivity contribution >= 4 is 45.3 Å². The number of alkyl halides is 1. The van der Waals surface area contributed by atoms with Crippen molar-refractivity contribution in [2.45, 2.75) is 30.1 Å². The predicted molar refractivity (Wildman–Crippen MR) is 85.2 cm³/mol. The normalized spacial score (nSPS) is 18.7. The lowest BCUT2D eigenvalue weighted by Gasteiger charge is -2.11. The molecule has 7 heteroatoms. The molecule has 0 amide bonds. The number of benzene rings is 1. The van der Waals surface area contributed by atoms with Gasteiger partial charge < -0.3 is 10.1 Å². The molecule has 1 aromatic carbocycles. The van der Waals surface area contributed by atoms with E-state index >= 15 is 0 Å². The van der Waals surface area contributed by atoms with E-state index in [9.17, 15) is 14.4 Å². The molecule has 1 aromatic rings. The van der Waals surface area contributed by atoms with Crippen LogP contribution in [0.15, 0.2) is 24.3 Å². The Morgan fingerprint density at radius 3 is 2.59 bits per heavy atom. The van der Waals surface area contributed by atoms with Gasteiger partial charge in [-0.25, -0.2) is 4.79 Å². The number of esters is 2. The monoisotopic (exact) mass is 387 g/mol. The Balaban J connectivity index is 1.86. The summed E-state index contributed by atoms with van der Waals surface area (Å²) in [5.41, 5.74) is 0.433. The number of carbonyl (C=O) groups is 3. The Labute approximate surface area is 141 Å². The van der Waals surface area contributed by atoms with Crippen LogP contribution in [0.25, 0.3) is 0 Å². The number of ketones is 1. The summed E-state index contributed by atoms with van der Waals surface area (Å²) >= 11 is 8.92. The van der Waals surface area contributed by atoms with E-state index in [2.05, 4.69) is 21.2 Å². The van der Waals surface area contributed by atoms with Crippen molar-refractivity contribution in [1.82, 2.24) is 5.32 Å². The molecule has 0 radical (unpaired) electrons. The van der Waals surface area contributed by atoms with Crippen molar-refractivity contribution < 1.29 is 19.1 Å². The van der Waals surface area contributed by atoms with E-state index in [1.807, 2.05) is 0 Å². The summed E-state index contributed by atoms with van der Waals surface area (Å²) in [4.78, 5) is 34.8. The first-order valence-corrected chi connectivity index (χ1v) is 8.18. The molecule has 1 N–H and O–H groups in total. The van der Waals surface area contributed by atoms with Crippen LogP contribution in [-0.4, -0.2) is 35.1 Å². The average molecular weight is 389 g/mol. The number of hydrogen-bond acceptors (Lipinski definition) is 5. The zero-order chi connectivity index (χ0) is 16.1. The van der Waals surface area contributed by atoms with E-state index in [1.165, 1.54) is 0 Å². The number of Topliss-reactive ketones (excluding diaryl/α,β-unsaturated/α-hetero) is 1. The molecular weight excluding hydrogens is 374 g/mol. The lowest BCUT2D eigenvalue weighted by atomic mass is 10.1. The molecule has 0 bridgehead atoms. The van der Waals surface area contributed by atoms with Gasteiger partial charge in [0.2, 0.25) is 0 Å². The molecule has 0 spiro atoms. The summed E-state index contributed by atoms with van der Waals surface area (Å²) in [5.74, 6) is -1.57. The SMILES string of the molecule is O=C(CC(Br)C(=O)c1ccc(Cl)cc1)OC(=O)[C@@H]1CCCN1. The molecule has 1 aliphatic rings. The fourth-order valence-electron chi connectivity index (χ4n) is 2.14. The van der Waals surface area contributed by atoms with Gasteiger partial charge in [-0.05, 0) is 43.7 Å². The summed E-state index contributed by atoms with van der Waals surface area (Å²) < 4.78 is 4.77. The first-order chi connectivity index (χ1) is 10.5. The second-order valence-corrected chi connectivity index (χ2v) is 6.53. The van der Waals surface area contributed by atoms with E-state index < -0.39 is 22.8 Å². The average Bonchev–Trinajstić information content (AvgIpc) is 3.01. The van der Waals surface area contributed by atoms with Gasteiger partial charge in [-0.3, -0.25) is 9.59 Å². The Hall–Kier alpha value is -1.24. The second kappa shape index (κ2) is 7.85. The Morgan fingerprint density at radius 2 is 2.00 bits per heavy atom. The maximum Gasteiger partial charge on any atom is 0.330 e. The van der Waals surface area contributed by atoms with Crippen LogP contribution in [-0.2, 0) is 14.3 Å². The van der Waals surface area contributed by atoms with E-state index in [-0.39, 0.29) is 12.2 Å². The highest BCUT2D eigenvalue weighted by atomic mass is 79.9. The molecule has 5 nitrogen and oxygen atoms in total. The van der Waals surface area contributed by atoms with Gasteiger partial charge in [0, 0.05) is 10.6 Å². The van der Waals surface area contributed by atoms with E-state index in [0.717, 1.165) is 13.0 Å². The molecule has 2 rings (SSSR count). The summed E-state index contributed by atoms with van der Waals surface area (Å²) in [7, 11) is 0. The van der Waals surface area contributed by atoms with Gasteiger partial charge in [0.05, 0.1) is 11.2 Å². The molecular formula is C15H15BrClNO4. The minimum Gasteiger partial charge on any atom is -0.392 e. The molecule has 1 aliphatic heterocycles. The zero-order valence-corrected chi connectivity index (χ0v) is 14.0. The first kappa shape index (κ1) is 17.1. The van der Waals surface area contributed by atoms with Crippen molar-refractivity contribution in [1.29, 1.82) is 0 Å². The highest BCUT2D eigenvalue weighted by Crippen LogP contribution is 2.17. The number of nitrogens with one attached hydrogen (secondary N) is 1. The van der Waals surface area contributed by atoms with Gasteiger partial charge >= 0.3 is 11.9 Å². The zero-order valence-electron chi connectivity index (χ0n) is 11.7. The Bertz CT molecular complexity index is 569. The standard InChI is InChI=1S/C15H15BrClNO4/c16-11(14(20)9-3-5-10(17)6-4-9)8-13(19)22-15(21)12-2-1-7-18-12/h3-6,11-12,18H,1-2,7-8H2/t11?,12-/m0/s1. The van der Waals surface area contributed by atoms with Gasteiger partial charge in [0.15, 0.2) is 5.78 Å². The number of carbonyl (C=O) groups excluding carboxylic acids is 3. The van der Waals surface area contributed by atoms with Crippen molar-refractivity contribution in [2.75, 3.05) is 6.54 Å². The second-order valence-electron chi connectivity index (χ2n) is 4.98. The molecule has 118 valence electrons. The first-order valence-electron chi connectivity index (χ1n) is 6.89. The highest BCUT2D eigenvalue weighted by Gasteiger charge is 2.27. The van der Waals surface area contributed by atoms with E-state index in [0.29, 0.717) is 17.0 Å². The fraction of sp³-hybridized carbons (Fsp3) is 0.400. The van der Waals surface area contributed by atoms with Crippen LogP contribution in [0.4, 0.5) is 0 Å². The molecule has 0 aromatic heterocycles. The minimum absolute atomic E-state index is 0.208. The Morgan fingerprint density at radius 1 is 1.32 bits per heavy atom.